The van der Waals surface area contributed by atoms with Crippen molar-refractivity contribution >= 4 is 34.7 Å². The molecule has 14 heavy (non-hydrogen) atoms. The van der Waals surface area contributed by atoms with E-state index in [9.17, 15) is 0 Å². The Morgan fingerprint density at radius 1 is 0.929 bits per heavy atom. The van der Waals surface area contributed by atoms with Crippen molar-refractivity contribution < 1.29 is 12.4 Å². The Balaban J connectivity index is -0.000000284. The minimum absolute atomic E-state index is 0. The molecular weight excluding hydrogens is 229 g/mol. The van der Waals surface area contributed by atoms with E-state index in [2.05, 4.69) is 39.3 Å². The Bertz CT molecular complexity index is 124. The summed E-state index contributed by atoms with van der Waals surface area (Å²) in [6.45, 7) is 8.92. The molecule has 0 aromatic rings. The third-order valence-electron chi connectivity index (χ3n) is 2.18. The van der Waals surface area contributed by atoms with E-state index in [0.717, 1.165) is 0 Å². The third kappa shape index (κ3) is 8.60. The van der Waals surface area contributed by atoms with Crippen molar-refractivity contribution in [2.75, 3.05) is 6.38 Å². The zero-order valence-corrected chi connectivity index (χ0v) is 13.0. The largest absolute Gasteiger partial charge is 2.00 e. The molecule has 1 aliphatic heterocycles. The van der Waals surface area contributed by atoms with Crippen LogP contribution in [0.25, 0.3) is 5.32 Å². The van der Waals surface area contributed by atoms with E-state index in [0.29, 0.717) is 0 Å². The Morgan fingerprint density at radius 2 is 1.21 bits per heavy atom. The topological polar surface area (TPSA) is 14.1 Å². The number of nitrogens with zero attached hydrogens (tertiary/aromatic N) is 1. The third-order valence-corrected chi connectivity index (χ3v) is 2.18. The van der Waals surface area contributed by atoms with Gasteiger partial charge in [-0.15, -0.1) is 22.7 Å². The molecule has 0 aromatic carbocycles. The van der Waals surface area contributed by atoms with Crippen LogP contribution in [0.4, 0.5) is 0 Å². The van der Waals surface area contributed by atoms with Gasteiger partial charge in [0.25, 0.3) is 0 Å². The normalized spacial score (nSPS) is 21.9. The molecule has 0 aromatic heterocycles. The fraction of sp³-hybridized carbons (Fsp3) is 1.00. The number of piperidine rings is 1. The summed E-state index contributed by atoms with van der Waals surface area (Å²) in [6.07, 6.45) is 5.33. The average molecular weight is 250 g/mol. The Morgan fingerprint density at radius 3 is 1.36 bits per heavy atom. The first-order valence-corrected chi connectivity index (χ1v) is 5.29. The second-order valence-electron chi connectivity index (χ2n) is 4.59. The second kappa shape index (κ2) is 8.46. The van der Waals surface area contributed by atoms with Crippen LogP contribution in [0.5, 0.6) is 0 Å². The van der Waals surface area contributed by atoms with Crippen molar-refractivity contribution in [2.45, 2.75) is 58.0 Å². The maximum Gasteiger partial charge on any atom is 2.00 e. The maximum atomic E-state index is 4.75. The fourth-order valence-corrected chi connectivity index (χ4v) is 1.88. The number of alkyl halides is 1. The summed E-state index contributed by atoms with van der Waals surface area (Å²) in [5.74, 6) is 0. The zero-order valence-electron chi connectivity index (χ0n) is 10.0. The van der Waals surface area contributed by atoms with E-state index in [-0.39, 0.29) is 46.5 Å². The number of halogens is 2. The molecule has 0 bridgehead atoms. The molecule has 1 fully saturated rings. The first-order valence-electron chi connectivity index (χ1n) is 4.53. The van der Waals surface area contributed by atoms with Crippen LogP contribution in [0, 0.1) is 0 Å². The summed E-state index contributed by atoms with van der Waals surface area (Å²) in [5, 5.41) is 4.75. The number of hydrogen-bond acceptors (Lipinski definition) is 0. The summed E-state index contributed by atoms with van der Waals surface area (Å²) < 4.78 is 0. The summed E-state index contributed by atoms with van der Waals surface area (Å²) in [6, 6.07) is 0. The van der Waals surface area contributed by atoms with Gasteiger partial charge in [-0.3, -0.25) is 0 Å². The quantitative estimate of drug-likeness (QED) is 0.441. The predicted molar refractivity (Wildman–Crippen MR) is 62.9 cm³/mol. The van der Waals surface area contributed by atoms with E-state index in [1.165, 1.54) is 25.6 Å². The van der Waals surface area contributed by atoms with E-state index in [1.807, 2.05) is 0 Å². The van der Waals surface area contributed by atoms with Crippen LogP contribution in [0.1, 0.15) is 47.0 Å². The van der Waals surface area contributed by atoms with Gasteiger partial charge in [0.2, 0.25) is 0 Å². The van der Waals surface area contributed by atoms with Crippen molar-refractivity contribution in [3.63, 3.8) is 0 Å². The van der Waals surface area contributed by atoms with Crippen LogP contribution < -0.4 is 12.4 Å². The van der Waals surface area contributed by atoms with Gasteiger partial charge in [-0.25, -0.2) is 0 Å². The molecule has 0 N–H and O–H groups in total. The molecule has 0 amide bonds. The van der Waals surface area contributed by atoms with Crippen molar-refractivity contribution in [3.8, 4) is 0 Å². The Labute approximate surface area is 116 Å². The molecule has 1 nitrogen and oxygen atoms in total. The molecule has 1 aliphatic rings. The van der Waals surface area contributed by atoms with Crippen molar-refractivity contribution in [1.29, 1.82) is 0 Å². The van der Waals surface area contributed by atoms with Gasteiger partial charge in [-0.1, -0.05) is 47.0 Å². The van der Waals surface area contributed by atoms with Gasteiger partial charge < -0.3 is 17.7 Å². The Hall–Kier alpha value is 1.31. The van der Waals surface area contributed by atoms with E-state index in [1.54, 1.807) is 0 Å². The van der Waals surface area contributed by atoms with Crippen LogP contribution in [0.15, 0.2) is 0 Å². The molecule has 82 valence electrons. The molecule has 0 aliphatic carbocycles. The second-order valence-corrected chi connectivity index (χ2v) is 4.59. The SMILES string of the molecule is CC1(C)CCCC(C)(C)[N-]1.CCl.[Cl-].[Mg+2]. The first-order chi connectivity index (χ1) is 5.41. The first kappa shape index (κ1) is 20.7. The molecule has 1 rings (SSSR count). The zero-order chi connectivity index (χ0) is 9.83. The van der Waals surface area contributed by atoms with E-state index >= 15 is 0 Å². The molecule has 0 radical (unpaired) electrons. The molecule has 0 unspecified atom stereocenters. The molecule has 0 saturated carbocycles. The minimum atomic E-state index is 0. The number of hydrogen-bond donors (Lipinski definition) is 0. The van der Waals surface area contributed by atoms with Crippen LogP contribution in [0.2, 0.25) is 0 Å². The standard InChI is InChI=1S/C9H18N.CH3Cl.ClH.Mg/c1-8(2)6-5-7-9(3,4)10-8;1-2;;/h5-7H2,1-4H3;1H3;1H;/q-1;;;+2/p-1. The van der Waals surface area contributed by atoms with Gasteiger partial charge in [0.05, 0.1) is 0 Å². The molecule has 1 saturated heterocycles. The minimum Gasteiger partial charge on any atom is -1.00 e. The molecule has 1 heterocycles. The van der Waals surface area contributed by atoms with E-state index in [4.69, 9.17) is 5.32 Å². The van der Waals surface area contributed by atoms with Gasteiger partial charge >= 0.3 is 23.1 Å². The monoisotopic (exact) mass is 249 g/mol. The van der Waals surface area contributed by atoms with Crippen molar-refractivity contribution in [1.82, 2.24) is 0 Å². The molecular formula is C10H21Cl2MgN. The fourth-order valence-electron chi connectivity index (χ4n) is 1.88. The van der Waals surface area contributed by atoms with Gasteiger partial charge in [0, 0.05) is 6.38 Å². The van der Waals surface area contributed by atoms with Crippen LogP contribution in [-0.2, 0) is 0 Å². The summed E-state index contributed by atoms with van der Waals surface area (Å²) in [7, 11) is 0. The predicted octanol–water partition coefficient (Wildman–Crippen LogP) is 0.579. The average Bonchev–Trinajstić information content (AvgIpc) is 1.86. The van der Waals surface area contributed by atoms with Crippen LogP contribution in [0.3, 0.4) is 0 Å². The Kier molecular flexibility index (Phi) is 12.5. The molecule has 0 spiro atoms. The molecule has 0 atom stereocenters. The van der Waals surface area contributed by atoms with Gasteiger partial charge in [-0.2, -0.15) is 0 Å². The van der Waals surface area contributed by atoms with Crippen molar-refractivity contribution in [2.24, 2.45) is 0 Å². The number of rotatable bonds is 0. The van der Waals surface area contributed by atoms with Gasteiger partial charge in [-0.05, 0) is 0 Å². The molecule has 4 heteroatoms. The van der Waals surface area contributed by atoms with E-state index < -0.39 is 0 Å². The van der Waals surface area contributed by atoms with Crippen LogP contribution in [-0.4, -0.2) is 40.5 Å². The summed E-state index contributed by atoms with van der Waals surface area (Å²) >= 11 is 4.64. The van der Waals surface area contributed by atoms with Crippen molar-refractivity contribution in [3.05, 3.63) is 5.32 Å². The van der Waals surface area contributed by atoms with Gasteiger partial charge in [0.15, 0.2) is 0 Å². The smallest absolute Gasteiger partial charge is 1.00 e. The summed E-state index contributed by atoms with van der Waals surface area (Å²) in [5.41, 5.74) is 0.476. The van der Waals surface area contributed by atoms with Crippen LogP contribution >= 0.6 is 11.6 Å². The maximum absolute atomic E-state index is 4.75. The summed E-state index contributed by atoms with van der Waals surface area (Å²) in [4.78, 5) is 0. The van der Waals surface area contributed by atoms with Gasteiger partial charge in [0.1, 0.15) is 0 Å².